The molecule has 0 heterocycles. The lowest BCUT2D eigenvalue weighted by molar-refractivity contribution is 0.622. The van der Waals surface area contributed by atoms with Gasteiger partial charge in [-0.2, -0.15) is 0 Å². The van der Waals surface area contributed by atoms with Crippen molar-refractivity contribution in [3.63, 3.8) is 0 Å². The van der Waals surface area contributed by atoms with Crippen molar-refractivity contribution in [2.75, 3.05) is 0 Å². The monoisotopic (exact) mass is 177 g/mol. The Labute approximate surface area is 83.0 Å². The Morgan fingerprint density at radius 3 is 2.23 bits per heavy atom. The Balaban J connectivity index is 2.95. The van der Waals surface area contributed by atoms with E-state index in [4.69, 9.17) is 6.58 Å². The Morgan fingerprint density at radius 1 is 1.00 bits per heavy atom. The zero-order valence-corrected chi connectivity index (χ0v) is 8.76. The number of hydrogen-bond donors (Lipinski definition) is 0. The van der Waals surface area contributed by atoms with Crippen molar-refractivity contribution < 1.29 is 0 Å². The van der Waals surface area contributed by atoms with Crippen LogP contribution >= 0.6 is 0 Å². The normalized spacial score (nSPS) is 10.2. The molecule has 0 aromatic heterocycles. The van der Waals surface area contributed by atoms with Gasteiger partial charge in [-0.25, -0.2) is 0 Å². The van der Waals surface area contributed by atoms with Crippen molar-refractivity contribution in [1.82, 2.24) is 0 Å². The first-order chi connectivity index (χ1) is 6.41. The van der Waals surface area contributed by atoms with Gasteiger partial charge in [-0.15, -0.1) is 5.73 Å². The summed E-state index contributed by atoms with van der Waals surface area (Å²) in [6, 6.07) is 0. The lowest BCUT2D eigenvalue weighted by Crippen LogP contribution is -1.77. The molecule has 0 saturated heterocycles. The van der Waals surface area contributed by atoms with Gasteiger partial charge in [0, 0.05) is 0 Å². The summed E-state index contributed by atoms with van der Waals surface area (Å²) in [7, 11) is 0. The third-order valence-electron chi connectivity index (χ3n) is 2.07. The van der Waals surface area contributed by atoms with Crippen molar-refractivity contribution >= 4 is 0 Å². The molecule has 0 heteroatoms. The van der Waals surface area contributed by atoms with E-state index in [0.29, 0.717) is 0 Å². The summed E-state index contributed by atoms with van der Waals surface area (Å²) in [5.41, 5.74) is 2.55. The third-order valence-corrected chi connectivity index (χ3v) is 2.07. The van der Waals surface area contributed by atoms with Crippen molar-refractivity contribution in [2.24, 2.45) is 0 Å². The fourth-order valence-electron chi connectivity index (χ4n) is 1.29. The van der Waals surface area contributed by atoms with Crippen LogP contribution in [0.3, 0.4) is 0 Å². The Hall–Kier alpha value is -0.740. The number of unbranched alkanes of at least 4 members (excludes halogenated alkanes) is 6. The molecule has 0 rings (SSSR count). The summed E-state index contributed by atoms with van der Waals surface area (Å²) in [5, 5.41) is 0. The predicted octanol–water partition coefficient (Wildman–Crippen LogP) is 4.44. The average molecular weight is 177 g/mol. The summed E-state index contributed by atoms with van der Waals surface area (Å²) < 4.78 is 0. The maximum absolute atomic E-state index is 5.11. The molecule has 0 aliphatic heterocycles. The molecule has 0 saturated carbocycles. The molecule has 0 nitrogen and oxygen atoms in total. The molecular formula is C13H21. The van der Waals surface area contributed by atoms with Crippen LogP contribution in [0, 0.1) is 6.58 Å². The van der Waals surface area contributed by atoms with E-state index in [9.17, 15) is 0 Å². The highest BCUT2D eigenvalue weighted by molar-refractivity contribution is 4.76. The second-order valence-corrected chi connectivity index (χ2v) is 3.28. The first-order valence-corrected chi connectivity index (χ1v) is 5.30. The van der Waals surface area contributed by atoms with E-state index in [-0.39, 0.29) is 0 Å². The van der Waals surface area contributed by atoms with Gasteiger partial charge < -0.3 is 0 Å². The fourth-order valence-corrected chi connectivity index (χ4v) is 1.29. The molecule has 0 aliphatic carbocycles. The van der Waals surface area contributed by atoms with Gasteiger partial charge in [0.2, 0.25) is 0 Å². The van der Waals surface area contributed by atoms with Gasteiger partial charge >= 0.3 is 0 Å². The van der Waals surface area contributed by atoms with Crippen molar-refractivity contribution in [3.05, 3.63) is 30.5 Å². The molecule has 0 bridgehead atoms. The first-order valence-electron chi connectivity index (χ1n) is 5.30. The van der Waals surface area contributed by atoms with Crippen LogP contribution in [0.5, 0.6) is 0 Å². The SMILES string of the molecule is [CH]=C=CCCCCCCCC=CC. The van der Waals surface area contributed by atoms with Crippen LogP contribution in [-0.2, 0) is 0 Å². The first kappa shape index (κ1) is 12.3. The van der Waals surface area contributed by atoms with Crippen LogP contribution < -0.4 is 0 Å². The van der Waals surface area contributed by atoms with E-state index in [2.05, 4.69) is 24.8 Å². The molecule has 0 atom stereocenters. The maximum Gasteiger partial charge on any atom is -0.0126 e. The lowest BCUT2D eigenvalue weighted by Gasteiger charge is -1.97. The number of rotatable bonds is 8. The highest BCUT2D eigenvalue weighted by atomic mass is 13.9. The molecule has 0 aromatic rings. The summed E-state index contributed by atoms with van der Waals surface area (Å²) in [6.07, 6.45) is 15.3. The van der Waals surface area contributed by atoms with Crippen LogP contribution in [0.25, 0.3) is 0 Å². The second kappa shape index (κ2) is 11.3. The Bertz CT molecular complexity index is 159. The van der Waals surface area contributed by atoms with E-state index in [0.717, 1.165) is 6.42 Å². The summed E-state index contributed by atoms with van der Waals surface area (Å²) in [4.78, 5) is 0. The number of allylic oxidation sites excluding steroid dienone is 3. The van der Waals surface area contributed by atoms with Crippen LogP contribution in [0.2, 0.25) is 0 Å². The van der Waals surface area contributed by atoms with Gasteiger partial charge in [-0.05, 0) is 45.3 Å². The molecule has 0 N–H and O–H groups in total. The summed E-state index contributed by atoms with van der Waals surface area (Å²) in [5.74, 6) is 0. The van der Waals surface area contributed by atoms with E-state index < -0.39 is 0 Å². The van der Waals surface area contributed by atoms with Crippen LogP contribution in [0.4, 0.5) is 0 Å². The Kier molecular flexibility index (Phi) is 10.6. The zero-order chi connectivity index (χ0) is 9.78. The van der Waals surface area contributed by atoms with Gasteiger partial charge in [-0.1, -0.05) is 31.4 Å². The van der Waals surface area contributed by atoms with Crippen LogP contribution in [0.1, 0.15) is 51.9 Å². The molecule has 0 aromatic carbocycles. The molecule has 0 unspecified atom stereocenters. The minimum absolute atomic E-state index is 1.09. The highest BCUT2D eigenvalue weighted by Gasteiger charge is 1.87. The van der Waals surface area contributed by atoms with Crippen molar-refractivity contribution in [3.8, 4) is 0 Å². The fraction of sp³-hybridized carbons (Fsp3) is 0.615. The van der Waals surface area contributed by atoms with Crippen molar-refractivity contribution in [1.29, 1.82) is 0 Å². The molecular weight excluding hydrogens is 156 g/mol. The average Bonchev–Trinajstić information content (AvgIpc) is 2.16. The van der Waals surface area contributed by atoms with Gasteiger partial charge in [0.25, 0.3) is 0 Å². The summed E-state index contributed by atoms with van der Waals surface area (Å²) >= 11 is 0. The molecule has 13 heavy (non-hydrogen) atoms. The topological polar surface area (TPSA) is 0 Å². The largest absolute Gasteiger partial charge is 0.125 e. The molecule has 0 aliphatic rings. The van der Waals surface area contributed by atoms with Gasteiger partial charge in [0.15, 0.2) is 0 Å². The maximum atomic E-state index is 5.11. The highest BCUT2D eigenvalue weighted by Crippen LogP contribution is 2.07. The molecule has 0 spiro atoms. The van der Waals surface area contributed by atoms with E-state index in [1.807, 2.05) is 6.08 Å². The van der Waals surface area contributed by atoms with Crippen molar-refractivity contribution in [2.45, 2.75) is 51.9 Å². The number of hydrogen-bond acceptors (Lipinski definition) is 0. The van der Waals surface area contributed by atoms with Gasteiger partial charge in [0.05, 0.1) is 0 Å². The minimum Gasteiger partial charge on any atom is -0.125 e. The van der Waals surface area contributed by atoms with Gasteiger partial charge in [0.1, 0.15) is 0 Å². The molecule has 1 radical (unpaired) electrons. The molecule has 0 fully saturated rings. The van der Waals surface area contributed by atoms with E-state index in [1.54, 1.807) is 0 Å². The quantitative estimate of drug-likeness (QED) is 0.292. The second-order valence-electron chi connectivity index (χ2n) is 3.28. The minimum atomic E-state index is 1.09. The molecule has 0 amide bonds. The standard InChI is InChI=1S/C13H21/c1-3-5-7-9-11-13-12-10-8-6-4-2/h1,4-6H,7-13H2,2H3. The van der Waals surface area contributed by atoms with E-state index in [1.165, 1.54) is 38.5 Å². The van der Waals surface area contributed by atoms with Crippen LogP contribution in [-0.4, -0.2) is 0 Å². The lowest BCUT2D eigenvalue weighted by atomic mass is 10.1. The summed E-state index contributed by atoms with van der Waals surface area (Å²) in [6.45, 7) is 7.19. The smallest absolute Gasteiger partial charge is 0.0126 e. The zero-order valence-electron chi connectivity index (χ0n) is 8.76. The van der Waals surface area contributed by atoms with Crippen LogP contribution in [0.15, 0.2) is 24.0 Å². The van der Waals surface area contributed by atoms with Gasteiger partial charge in [-0.3, -0.25) is 0 Å². The third kappa shape index (κ3) is 11.3. The Morgan fingerprint density at radius 2 is 1.62 bits per heavy atom. The predicted molar refractivity (Wildman–Crippen MR) is 59.5 cm³/mol. The molecule has 73 valence electrons. The van der Waals surface area contributed by atoms with E-state index >= 15 is 0 Å².